The van der Waals surface area contributed by atoms with Crippen molar-refractivity contribution in [1.82, 2.24) is 14.5 Å². The number of carbonyl (C=O) groups excluding carboxylic acids is 2. The van der Waals surface area contributed by atoms with Gasteiger partial charge in [0.1, 0.15) is 11.6 Å². The summed E-state index contributed by atoms with van der Waals surface area (Å²) in [6.45, 7) is 4.56. The van der Waals surface area contributed by atoms with Crippen LogP contribution in [0.2, 0.25) is 5.02 Å². The highest BCUT2D eigenvalue weighted by molar-refractivity contribution is 6.30. The maximum atomic E-state index is 15.0. The van der Waals surface area contributed by atoms with Gasteiger partial charge in [-0.1, -0.05) is 23.8 Å². The molecule has 0 aliphatic heterocycles. The monoisotopic (exact) mass is 495 g/mol. The van der Waals surface area contributed by atoms with Crippen LogP contribution in [0.3, 0.4) is 0 Å². The zero-order chi connectivity index (χ0) is 25.1. The Morgan fingerprint density at radius 1 is 1.11 bits per heavy atom. The Morgan fingerprint density at radius 3 is 2.40 bits per heavy atom. The zero-order valence-electron chi connectivity index (χ0n) is 19.6. The van der Waals surface area contributed by atoms with Crippen LogP contribution in [0.5, 0.6) is 0 Å². The maximum Gasteiger partial charge on any atom is 0.228 e. The largest absolute Gasteiger partial charge is 0.326 e. The Balaban J connectivity index is 1.47. The SMILES string of the molecule is C=C1C[C@H](C(=O)Nc2ccc(Cl)cc2)[C@@H](C(=O)Nc2ccc(-n3ccnc3CN(C)C)cc2F)C1. The topological polar surface area (TPSA) is 79.3 Å². The minimum Gasteiger partial charge on any atom is -0.326 e. The quantitative estimate of drug-likeness (QED) is 0.457. The fourth-order valence-corrected chi connectivity index (χ4v) is 4.38. The van der Waals surface area contributed by atoms with Crippen LogP contribution in [0.1, 0.15) is 18.7 Å². The van der Waals surface area contributed by atoms with Crippen molar-refractivity contribution in [1.29, 1.82) is 0 Å². The van der Waals surface area contributed by atoms with Gasteiger partial charge in [0.25, 0.3) is 0 Å². The Morgan fingerprint density at radius 2 is 1.77 bits per heavy atom. The molecule has 0 spiro atoms. The number of benzene rings is 2. The number of rotatable bonds is 7. The first-order valence-electron chi connectivity index (χ1n) is 11.2. The van der Waals surface area contributed by atoms with Gasteiger partial charge >= 0.3 is 0 Å². The van der Waals surface area contributed by atoms with Crippen LogP contribution in [-0.2, 0) is 16.1 Å². The minimum atomic E-state index is -0.644. The molecule has 0 bridgehead atoms. The molecule has 4 rings (SSSR count). The molecule has 1 fully saturated rings. The maximum absolute atomic E-state index is 15.0. The molecule has 1 heterocycles. The van der Waals surface area contributed by atoms with Crippen LogP contribution >= 0.6 is 11.6 Å². The van der Waals surface area contributed by atoms with Crippen molar-refractivity contribution < 1.29 is 14.0 Å². The highest BCUT2D eigenvalue weighted by Gasteiger charge is 2.39. The normalized spacial score (nSPS) is 17.6. The second-order valence-corrected chi connectivity index (χ2v) is 9.41. The van der Waals surface area contributed by atoms with Crippen molar-refractivity contribution in [2.24, 2.45) is 11.8 Å². The lowest BCUT2D eigenvalue weighted by molar-refractivity contribution is -0.128. The molecule has 1 saturated carbocycles. The first kappa shape index (κ1) is 24.6. The van der Waals surface area contributed by atoms with E-state index in [0.717, 1.165) is 11.4 Å². The molecular formula is C26H27ClFN5O2. The van der Waals surface area contributed by atoms with Crippen LogP contribution in [0.4, 0.5) is 15.8 Å². The van der Waals surface area contributed by atoms with Gasteiger partial charge in [-0.2, -0.15) is 0 Å². The highest BCUT2D eigenvalue weighted by Crippen LogP contribution is 2.37. The summed E-state index contributed by atoms with van der Waals surface area (Å²) in [5.41, 5.74) is 2.06. The van der Waals surface area contributed by atoms with E-state index in [1.807, 2.05) is 19.0 Å². The third-order valence-electron chi connectivity index (χ3n) is 5.95. The average molecular weight is 496 g/mol. The van der Waals surface area contributed by atoms with Crippen molar-refractivity contribution >= 4 is 34.8 Å². The third kappa shape index (κ3) is 5.78. The number of halogens is 2. The fraction of sp³-hybridized carbons (Fsp3) is 0.269. The summed E-state index contributed by atoms with van der Waals surface area (Å²) in [6, 6.07) is 11.3. The number of nitrogens with zero attached hydrogens (tertiary/aromatic N) is 3. The van der Waals surface area contributed by atoms with E-state index in [0.29, 0.717) is 35.8 Å². The molecule has 182 valence electrons. The summed E-state index contributed by atoms with van der Waals surface area (Å²) in [5, 5.41) is 6.05. The number of carbonyl (C=O) groups is 2. The molecule has 2 N–H and O–H groups in total. The van der Waals surface area contributed by atoms with E-state index < -0.39 is 23.6 Å². The molecule has 1 aromatic heterocycles. The van der Waals surface area contributed by atoms with E-state index in [9.17, 15) is 14.0 Å². The molecule has 0 unspecified atom stereocenters. The molecule has 9 heteroatoms. The number of aromatic nitrogens is 2. The third-order valence-corrected chi connectivity index (χ3v) is 6.20. The Labute approximate surface area is 208 Å². The van der Waals surface area contributed by atoms with Gasteiger partial charge in [-0.05, 0) is 63.3 Å². The number of allylic oxidation sites excluding steroid dienone is 1. The van der Waals surface area contributed by atoms with E-state index in [-0.39, 0.29) is 11.6 Å². The van der Waals surface area contributed by atoms with Crippen molar-refractivity contribution in [3.8, 4) is 5.69 Å². The fourth-order valence-electron chi connectivity index (χ4n) is 4.26. The van der Waals surface area contributed by atoms with Crippen LogP contribution < -0.4 is 10.6 Å². The van der Waals surface area contributed by atoms with E-state index in [1.165, 1.54) is 12.1 Å². The number of nitrogens with one attached hydrogen (secondary N) is 2. The highest BCUT2D eigenvalue weighted by atomic mass is 35.5. The molecule has 2 amide bonds. The molecule has 2 atom stereocenters. The average Bonchev–Trinajstić information content (AvgIpc) is 3.43. The molecular weight excluding hydrogens is 469 g/mol. The Kier molecular flexibility index (Phi) is 7.33. The number of hydrogen-bond donors (Lipinski definition) is 2. The molecule has 3 aromatic rings. The molecule has 1 aliphatic rings. The van der Waals surface area contributed by atoms with Gasteiger partial charge in [0.15, 0.2) is 0 Å². The van der Waals surface area contributed by atoms with Crippen LogP contribution in [0.25, 0.3) is 5.69 Å². The van der Waals surface area contributed by atoms with Crippen LogP contribution in [-0.4, -0.2) is 40.4 Å². The van der Waals surface area contributed by atoms with Gasteiger partial charge < -0.3 is 20.1 Å². The summed E-state index contributed by atoms with van der Waals surface area (Å²) in [5.74, 6) is -1.74. The molecule has 2 aromatic carbocycles. The Hall–Kier alpha value is -3.49. The first-order valence-corrected chi connectivity index (χ1v) is 11.6. The van der Waals surface area contributed by atoms with Gasteiger partial charge in [0.2, 0.25) is 11.8 Å². The molecule has 1 aliphatic carbocycles. The van der Waals surface area contributed by atoms with Gasteiger partial charge in [-0.15, -0.1) is 0 Å². The lowest BCUT2D eigenvalue weighted by Crippen LogP contribution is -2.33. The van der Waals surface area contributed by atoms with Gasteiger partial charge in [-0.25, -0.2) is 9.37 Å². The standard InChI is InChI=1S/C26H27ClFN5O2/c1-16-12-20(25(34)30-18-6-4-17(27)5-7-18)21(13-16)26(35)31-23-9-8-19(14-22(23)28)33-11-10-29-24(33)15-32(2)3/h4-11,14,20-21H,1,12-13,15H2,2-3H3,(H,30,34)(H,31,35)/t20-,21-/m0/s1. The van der Waals surface area contributed by atoms with Crippen molar-refractivity contribution in [3.05, 3.63) is 83.7 Å². The summed E-state index contributed by atoms with van der Waals surface area (Å²) < 4.78 is 16.8. The summed E-state index contributed by atoms with van der Waals surface area (Å²) in [6.07, 6.45) is 4.19. The predicted octanol–water partition coefficient (Wildman–Crippen LogP) is 4.89. The predicted molar refractivity (Wildman–Crippen MR) is 135 cm³/mol. The smallest absolute Gasteiger partial charge is 0.228 e. The first-order chi connectivity index (χ1) is 16.7. The molecule has 7 nitrogen and oxygen atoms in total. The van der Waals surface area contributed by atoms with E-state index in [2.05, 4.69) is 22.2 Å². The van der Waals surface area contributed by atoms with Crippen molar-refractivity contribution in [3.63, 3.8) is 0 Å². The van der Waals surface area contributed by atoms with Gasteiger partial charge in [0, 0.05) is 34.9 Å². The van der Waals surface area contributed by atoms with Crippen LogP contribution in [0.15, 0.2) is 67.0 Å². The lowest BCUT2D eigenvalue weighted by Gasteiger charge is -2.19. The van der Waals surface area contributed by atoms with Crippen LogP contribution in [0, 0.1) is 17.7 Å². The minimum absolute atomic E-state index is 0.0578. The summed E-state index contributed by atoms with van der Waals surface area (Å²) >= 11 is 5.90. The molecule has 0 saturated heterocycles. The molecule has 0 radical (unpaired) electrons. The van der Waals surface area contributed by atoms with Crippen molar-refractivity contribution in [2.75, 3.05) is 24.7 Å². The van der Waals surface area contributed by atoms with E-state index in [1.54, 1.807) is 47.3 Å². The van der Waals surface area contributed by atoms with E-state index >= 15 is 0 Å². The summed E-state index contributed by atoms with van der Waals surface area (Å²) in [7, 11) is 3.86. The van der Waals surface area contributed by atoms with Gasteiger partial charge in [0.05, 0.1) is 24.1 Å². The zero-order valence-corrected chi connectivity index (χ0v) is 20.3. The lowest BCUT2D eigenvalue weighted by atomic mass is 9.94. The second-order valence-electron chi connectivity index (χ2n) is 8.97. The molecule has 35 heavy (non-hydrogen) atoms. The van der Waals surface area contributed by atoms with E-state index in [4.69, 9.17) is 11.6 Å². The number of amides is 2. The number of hydrogen-bond acceptors (Lipinski definition) is 4. The van der Waals surface area contributed by atoms with Gasteiger partial charge in [-0.3, -0.25) is 9.59 Å². The second kappa shape index (κ2) is 10.4. The number of anilines is 2. The van der Waals surface area contributed by atoms with Crippen molar-refractivity contribution in [2.45, 2.75) is 19.4 Å². The summed E-state index contributed by atoms with van der Waals surface area (Å²) in [4.78, 5) is 32.3. The Bertz CT molecular complexity index is 1250. The number of imidazole rings is 1.